The molecule has 0 bridgehead atoms. The van der Waals surface area contributed by atoms with Gasteiger partial charge in [0.1, 0.15) is 12.0 Å². The maximum absolute atomic E-state index is 12.1. The lowest BCUT2D eigenvalue weighted by molar-refractivity contribution is -0.115. The molecule has 0 spiro atoms. The number of amides is 1. The smallest absolute Gasteiger partial charge is 0.256 e. The van der Waals surface area contributed by atoms with Crippen LogP contribution in [0.4, 0.5) is 11.4 Å². The summed E-state index contributed by atoms with van der Waals surface area (Å²) in [6, 6.07) is 5.09. The van der Waals surface area contributed by atoms with Crippen molar-refractivity contribution < 1.29 is 13.9 Å². The third kappa shape index (κ3) is 3.45. The fraction of sp³-hybridized carbons (Fsp3) is 0.231. The molecule has 0 saturated carbocycles. The number of ether oxygens (including phenoxy) is 1. The van der Waals surface area contributed by atoms with Crippen molar-refractivity contribution in [2.24, 2.45) is 0 Å². The number of nitrogens with one attached hydrogen (secondary N) is 1. The Kier molecular flexibility index (Phi) is 4.52. The van der Waals surface area contributed by atoms with Crippen LogP contribution in [-0.2, 0) is 4.79 Å². The van der Waals surface area contributed by atoms with Crippen LogP contribution in [0.1, 0.15) is 6.92 Å². The van der Waals surface area contributed by atoms with Crippen LogP contribution in [0.15, 0.2) is 40.3 Å². The molecule has 0 aliphatic rings. The Morgan fingerprint density at radius 3 is 2.95 bits per heavy atom. The molecule has 0 fully saturated rings. The van der Waals surface area contributed by atoms with E-state index in [2.05, 4.69) is 10.3 Å². The van der Waals surface area contributed by atoms with Gasteiger partial charge in [-0.25, -0.2) is 4.98 Å². The quantitative estimate of drug-likeness (QED) is 0.650. The molecule has 1 amide bonds. The first-order valence-corrected chi connectivity index (χ1v) is 6.78. The number of thioether (sulfide) groups is 1. The Balaban J connectivity index is 2.00. The summed E-state index contributed by atoms with van der Waals surface area (Å²) in [5.74, 6) is 0.466. The van der Waals surface area contributed by atoms with Gasteiger partial charge in [0.2, 0.25) is 5.91 Å². The lowest BCUT2D eigenvalue weighted by atomic mass is 10.2. The van der Waals surface area contributed by atoms with Crippen LogP contribution in [0, 0.1) is 0 Å². The van der Waals surface area contributed by atoms with E-state index in [4.69, 9.17) is 14.9 Å². The summed E-state index contributed by atoms with van der Waals surface area (Å²) in [5.41, 5.74) is 6.85. The number of anilines is 2. The molecule has 0 aliphatic carbocycles. The summed E-state index contributed by atoms with van der Waals surface area (Å²) >= 11 is 1.24. The molecule has 0 aliphatic heterocycles. The fourth-order valence-electron chi connectivity index (χ4n) is 1.49. The average Bonchev–Trinajstić information content (AvgIpc) is 2.93. The van der Waals surface area contributed by atoms with Crippen LogP contribution in [0.5, 0.6) is 5.75 Å². The number of carbonyl (C=O) groups excluding carboxylic acids is 1. The van der Waals surface area contributed by atoms with E-state index in [9.17, 15) is 4.79 Å². The Morgan fingerprint density at radius 2 is 2.35 bits per heavy atom. The number of hydrogen-bond acceptors (Lipinski definition) is 6. The number of methoxy groups -OCH3 is 1. The van der Waals surface area contributed by atoms with Crippen LogP contribution < -0.4 is 15.8 Å². The predicted octanol–water partition coefficient (Wildman–Crippen LogP) is 2.38. The number of nitrogens with zero attached hydrogens (tertiary/aromatic N) is 1. The van der Waals surface area contributed by atoms with Gasteiger partial charge in [0.25, 0.3) is 5.22 Å². The van der Waals surface area contributed by atoms with E-state index in [1.165, 1.54) is 24.2 Å². The third-order valence-corrected chi connectivity index (χ3v) is 3.54. The number of benzene rings is 1. The van der Waals surface area contributed by atoms with Crippen LogP contribution in [0.2, 0.25) is 0 Å². The highest BCUT2D eigenvalue weighted by Gasteiger charge is 2.17. The normalized spacial score (nSPS) is 11.9. The number of carbonyl (C=O) groups is 1. The summed E-state index contributed by atoms with van der Waals surface area (Å²) in [7, 11) is 1.56. The number of oxazole rings is 1. The molecular formula is C13H15N3O3S. The van der Waals surface area contributed by atoms with Gasteiger partial charge < -0.3 is 20.2 Å². The van der Waals surface area contributed by atoms with Gasteiger partial charge in [-0.3, -0.25) is 4.79 Å². The molecule has 1 atom stereocenters. The highest BCUT2D eigenvalue weighted by atomic mass is 32.2. The van der Waals surface area contributed by atoms with Gasteiger partial charge in [-0.1, -0.05) is 11.8 Å². The topological polar surface area (TPSA) is 90.4 Å². The summed E-state index contributed by atoms with van der Waals surface area (Å²) in [5, 5.41) is 2.87. The van der Waals surface area contributed by atoms with Gasteiger partial charge in [-0.15, -0.1) is 0 Å². The Morgan fingerprint density at radius 1 is 1.55 bits per heavy atom. The molecule has 0 saturated heterocycles. The number of nitrogen functional groups attached to an aromatic ring is 1. The number of hydrogen-bond donors (Lipinski definition) is 2. The van der Waals surface area contributed by atoms with Crippen LogP contribution >= 0.6 is 11.8 Å². The van der Waals surface area contributed by atoms with Crippen molar-refractivity contribution in [3.8, 4) is 5.75 Å². The first kappa shape index (κ1) is 14.3. The lowest BCUT2D eigenvalue weighted by Crippen LogP contribution is -2.23. The second kappa shape index (κ2) is 6.33. The van der Waals surface area contributed by atoms with Crippen molar-refractivity contribution in [1.82, 2.24) is 4.98 Å². The Labute approximate surface area is 120 Å². The van der Waals surface area contributed by atoms with Crippen LogP contribution in [0.3, 0.4) is 0 Å². The van der Waals surface area contributed by atoms with Crippen molar-refractivity contribution in [3.05, 3.63) is 30.7 Å². The summed E-state index contributed by atoms with van der Waals surface area (Å²) in [6.07, 6.45) is 3.00. The minimum absolute atomic E-state index is 0.176. The zero-order valence-electron chi connectivity index (χ0n) is 11.1. The summed E-state index contributed by atoms with van der Waals surface area (Å²) < 4.78 is 10.1. The minimum Gasteiger partial charge on any atom is -0.497 e. The zero-order chi connectivity index (χ0) is 14.5. The zero-order valence-corrected chi connectivity index (χ0v) is 11.9. The Hall–Kier alpha value is -2.15. The first-order chi connectivity index (χ1) is 9.60. The lowest BCUT2D eigenvalue weighted by Gasteiger charge is -2.12. The van der Waals surface area contributed by atoms with Gasteiger partial charge >= 0.3 is 0 Å². The van der Waals surface area contributed by atoms with E-state index in [0.29, 0.717) is 22.3 Å². The van der Waals surface area contributed by atoms with Crippen molar-refractivity contribution in [2.45, 2.75) is 17.4 Å². The molecule has 20 heavy (non-hydrogen) atoms. The molecule has 1 unspecified atom stereocenters. The van der Waals surface area contributed by atoms with Gasteiger partial charge in [0, 0.05) is 6.07 Å². The predicted molar refractivity (Wildman–Crippen MR) is 77.9 cm³/mol. The maximum Gasteiger partial charge on any atom is 0.256 e. The van der Waals surface area contributed by atoms with E-state index in [1.807, 2.05) is 0 Å². The van der Waals surface area contributed by atoms with Crippen molar-refractivity contribution >= 4 is 29.0 Å². The summed E-state index contributed by atoms with van der Waals surface area (Å²) in [6.45, 7) is 1.77. The highest BCUT2D eigenvalue weighted by Crippen LogP contribution is 2.26. The van der Waals surface area contributed by atoms with Crippen LogP contribution in [-0.4, -0.2) is 23.3 Å². The monoisotopic (exact) mass is 293 g/mol. The van der Waals surface area contributed by atoms with Gasteiger partial charge in [0.15, 0.2) is 0 Å². The highest BCUT2D eigenvalue weighted by molar-refractivity contribution is 8.00. The average molecular weight is 293 g/mol. The van der Waals surface area contributed by atoms with Gasteiger partial charge in [-0.2, -0.15) is 0 Å². The van der Waals surface area contributed by atoms with E-state index >= 15 is 0 Å². The molecule has 2 rings (SSSR count). The van der Waals surface area contributed by atoms with Gasteiger partial charge in [0.05, 0.1) is 29.9 Å². The molecule has 0 radical (unpaired) electrons. The minimum atomic E-state index is -0.352. The number of rotatable bonds is 5. The maximum atomic E-state index is 12.1. The summed E-state index contributed by atoms with van der Waals surface area (Å²) in [4.78, 5) is 16.0. The van der Waals surface area contributed by atoms with E-state index in [-0.39, 0.29) is 11.2 Å². The van der Waals surface area contributed by atoms with E-state index < -0.39 is 0 Å². The van der Waals surface area contributed by atoms with E-state index in [1.54, 1.807) is 32.2 Å². The molecule has 1 heterocycles. The second-order valence-electron chi connectivity index (χ2n) is 4.00. The standard InChI is InChI=1S/C13H15N3O3S/c1-8(20-13-15-5-6-19-13)12(17)16-11-4-3-9(18-2)7-10(11)14/h3-8H,14H2,1-2H3,(H,16,17). The Bertz CT molecular complexity index is 587. The largest absolute Gasteiger partial charge is 0.497 e. The van der Waals surface area contributed by atoms with E-state index in [0.717, 1.165) is 0 Å². The SMILES string of the molecule is COc1ccc(NC(=O)C(C)Sc2ncco2)c(N)c1. The number of aromatic nitrogens is 1. The molecule has 1 aromatic heterocycles. The molecule has 7 heteroatoms. The first-order valence-electron chi connectivity index (χ1n) is 5.90. The van der Waals surface area contributed by atoms with Crippen molar-refractivity contribution in [1.29, 1.82) is 0 Å². The number of nitrogens with two attached hydrogens (primary N) is 1. The van der Waals surface area contributed by atoms with Crippen LogP contribution in [0.25, 0.3) is 0 Å². The second-order valence-corrected chi connectivity index (χ2v) is 5.29. The fourth-order valence-corrected chi connectivity index (χ4v) is 2.19. The van der Waals surface area contributed by atoms with Crippen molar-refractivity contribution in [3.63, 3.8) is 0 Å². The molecule has 1 aromatic carbocycles. The molecule has 6 nitrogen and oxygen atoms in total. The van der Waals surface area contributed by atoms with Gasteiger partial charge in [-0.05, 0) is 19.1 Å². The third-order valence-electron chi connectivity index (χ3n) is 2.57. The molecule has 3 N–H and O–H groups in total. The molecule has 2 aromatic rings. The molecule has 106 valence electrons. The van der Waals surface area contributed by atoms with Crippen molar-refractivity contribution in [2.75, 3.05) is 18.2 Å². The molecular weight excluding hydrogens is 278 g/mol.